The van der Waals surface area contributed by atoms with Gasteiger partial charge in [-0.3, -0.25) is 14.6 Å². The highest BCUT2D eigenvalue weighted by Crippen LogP contribution is 2.40. The number of hydrogen-bond acceptors (Lipinski definition) is 6. The average Bonchev–Trinajstić information content (AvgIpc) is 3.02. The summed E-state index contributed by atoms with van der Waals surface area (Å²) in [6, 6.07) is 7.42. The summed E-state index contributed by atoms with van der Waals surface area (Å²) < 4.78 is 10.8. The van der Waals surface area contributed by atoms with Crippen molar-refractivity contribution in [1.82, 2.24) is 9.88 Å². The molecule has 8 heteroatoms. The van der Waals surface area contributed by atoms with Gasteiger partial charge in [-0.15, -0.1) is 0 Å². The van der Waals surface area contributed by atoms with Crippen molar-refractivity contribution in [3.63, 3.8) is 0 Å². The van der Waals surface area contributed by atoms with E-state index in [2.05, 4.69) is 4.98 Å². The first-order valence-corrected chi connectivity index (χ1v) is 10.4. The molecule has 1 atom stereocenters. The molecule has 1 saturated heterocycles. The molecule has 1 amide bonds. The van der Waals surface area contributed by atoms with E-state index in [4.69, 9.17) is 21.1 Å². The van der Waals surface area contributed by atoms with Crippen LogP contribution in [0, 0.1) is 0 Å². The number of hydrogen-bond donors (Lipinski definition) is 1. The van der Waals surface area contributed by atoms with Crippen LogP contribution in [0.15, 0.2) is 48.3 Å². The number of aromatic nitrogens is 1. The second-order valence-electron chi connectivity index (χ2n) is 7.39. The molecule has 7 nitrogen and oxygen atoms in total. The monoisotopic (exact) mass is 444 g/mol. The number of ketones is 1. The number of nitrogens with zero attached hydrogens (tertiary/aromatic N) is 2. The van der Waals surface area contributed by atoms with Crippen LogP contribution in [-0.4, -0.2) is 53.0 Å². The Morgan fingerprint density at radius 3 is 2.58 bits per heavy atom. The van der Waals surface area contributed by atoms with Crippen molar-refractivity contribution >= 4 is 29.1 Å². The number of benzene rings is 1. The van der Waals surface area contributed by atoms with Gasteiger partial charge in [0.1, 0.15) is 11.5 Å². The van der Waals surface area contributed by atoms with E-state index in [0.29, 0.717) is 30.9 Å². The number of Topliss-reactive ketones (excluding diaryl/α,β-unsaturated/α-hetero) is 1. The normalized spacial score (nSPS) is 18.1. The molecule has 2 heterocycles. The van der Waals surface area contributed by atoms with Crippen molar-refractivity contribution in [2.24, 2.45) is 0 Å². The fourth-order valence-electron chi connectivity index (χ4n) is 3.51. The van der Waals surface area contributed by atoms with Crippen molar-refractivity contribution in [3.05, 3.63) is 64.4 Å². The number of aliphatic hydroxyl groups excluding tert-OH is 1. The number of rotatable bonds is 8. The summed E-state index contributed by atoms with van der Waals surface area (Å²) in [6.45, 7) is 4.61. The molecule has 2 aromatic rings. The number of pyridine rings is 1. The van der Waals surface area contributed by atoms with E-state index in [1.807, 2.05) is 13.8 Å². The largest absolute Gasteiger partial charge is 0.507 e. The minimum absolute atomic E-state index is 0.0175. The number of amides is 1. The lowest BCUT2D eigenvalue weighted by Crippen LogP contribution is -2.31. The van der Waals surface area contributed by atoms with Crippen LogP contribution in [0.25, 0.3) is 5.76 Å². The van der Waals surface area contributed by atoms with Crippen LogP contribution in [0.4, 0.5) is 0 Å². The highest BCUT2D eigenvalue weighted by atomic mass is 35.5. The predicted molar refractivity (Wildman–Crippen MR) is 117 cm³/mol. The predicted octanol–water partition coefficient (Wildman–Crippen LogP) is 3.98. The van der Waals surface area contributed by atoms with Gasteiger partial charge in [0.25, 0.3) is 11.7 Å². The Morgan fingerprint density at radius 2 is 1.94 bits per heavy atom. The van der Waals surface area contributed by atoms with Gasteiger partial charge in [-0.05, 0) is 56.2 Å². The SMILES string of the molecule is COc1ccc(Cl)c(/C(O)=C2\C(=O)C(=O)N(CCCOC(C)C)C2c2ccncc2)c1. The maximum Gasteiger partial charge on any atom is 0.295 e. The molecule has 3 rings (SSSR count). The Bertz CT molecular complexity index is 991. The van der Waals surface area contributed by atoms with E-state index in [0.717, 1.165) is 0 Å². The fraction of sp³-hybridized carbons (Fsp3) is 0.348. The molecule has 1 aromatic heterocycles. The summed E-state index contributed by atoms with van der Waals surface area (Å²) in [4.78, 5) is 31.4. The molecule has 0 aliphatic carbocycles. The van der Waals surface area contributed by atoms with Crippen LogP contribution in [0.3, 0.4) is 0 Å². The van der Waals surface area contributed by atoms with Gasteiger partial charge in [-0.25, -0.2) is 0 Å². The molecule has 0 radical (unpaired) electrons. The van der Waals surface area contributed by atoms with Gasteiger partial charge >= 0.3 is 0 Å². The van der Waals surface area contributed by atoms with E-state index in [1.165, 1.54) is 18.1 Å². The first-order chi connectivity index (χ1) is 14.8. The number of aliphatic hydroxyl groups is 1. The summed E-state index contributed by atoms with van der Waals surface area (Å²) >= 11 is 6.29. The number of methoxy groups -OCH3 is 1. The van der Waals surface area contributed by atoms with Gasteiger partial charge in [0, 0.05) is 31.1 Å². The lowest BCUT2D eigenvalue weighted by Gasteiger charge is -2.25. The Balaban J connectivity index is 2.06. The van der Waals surface area contributed by atoms with Crippen LogP contribution in [0.5, 0.6) is 5.75 Å². The maximum absolute atomic E-state index is 13.0. The highest BCUT2D eigenvalue weighted by molar-refractivity contribution is 6.47. The van der Waals surface area contributed by atoms with Crippen molar-refractivity contribution < 1.29 is 24.2 Å². The van der Waals surface area contributed by atoms with Crippen LogP contribution < -0.4 is 4.74 Å². The Hall–Kier alpha value is -2.90. The third-order valence-electron chi connectivity index (χ3n) is 4.98. The van der Waals surface area contributed by atoms with Gasteiger partial charge in [0.05, 0.1) is 29.9 Å². The van der Waals surface area contributed by atoms with Gasteiger partial charge < -0.3 is 19.5 Å². The van der Waals surface area contributed by atoms with E-state index < -0.39 is 17.7 Å². The first-order valence-electron chi connectivity index (χ1n) is 9.99. The van der Waals surface area contributed by atoms with E-state index in [-0.39, 0.29) is 28.0 Å². The van der Waals surface area contributed by atoms with Crippen molar-refractivity contribution in [3.8, 4) is 5.75 Å². The number of carbonyl (C=O) groups excluding carboxylic acids is 2. The van der Waals surface area contributed by atoms with E-state index in [1.54, 1.807) is 36.7 Å². The Labute approximate surface area is 186 Å². The summed E-state index contributed by atoms with van der Waals surface area (Å²) in [6.07, 6.45) is 3.78. The van der Waals surface area contributed by atoms with Gasteiger partial charge in [-0.1, -0.05) is 11.6 Å². The van der Waals surface area contributed by atoms with Crippen molar-refractivity contribution in [2.45, 2.75) is 32.4 Å². The molecule has 0 saturated carbocycles. The molecule has 0 bridgehead atoms. The average molecular weight is 445 g/mol. The lowest BCUT2D eigenvalue weighted by atomic mass is 9.96. The minimum atomic E-state index is -0.761. The third-order valence-corrected chi connectivity index (χ3v) is 5.31. The van der Waals surface area contributed by atoms with E-state index in [9.17, 15) is 14.7 Å². The van der Waals surface area contributed by atoms with E-state index >= 15 is 0 Å². The molecular formula is C23H25ClN2O5. The minimum Gasteiger partial charge on any atom is -0.507 e. The molecule has 1 N–H and O–H groups in total. The molecule has 31 heavy (non-hydrogen) atoms. The molecule has 1 aromatic carbocycles. The molecule has 164 valence electrons. The second-order valence-corrected chi connectivity index (χ2v) is 7.80. The first kappa shape index (κ1) is 22.8. The van der Waals surface area contributed by atoms with Crippen LogP contribution >= 0.6 is 11.6 Å². The summed E-state index contributed by atoms with van der Waals surface area (Å²) in [5.74, 6) is -1.31. The molecule has 1 aliphatic heterocycles. The molecule has 1 unspecified atom stereocenters. The topological polar surface area (TPSA) is 89.0 Å². The summed E-state index contributed by atoms with van der Waals surface area (Å²) in [7, 11) is 1.49. The maximum atomic E-state index is 13.0. The standard InChI is InChI=1S/C23H25ClN2O5/c1-14(2)31-12-4-11-26-20(15-7-9-25-10-8-15)19(22(28)23(26)29)21(27)17-13-16(30-3)5-6-18(17)24/h5-10,13-14,20,27H,4,11-12H2,1-3H3/b21-19+. The molecule has 1 fully saturated rings. The van der Waals surface area contributed by atoms with Gasteiger partial charge in [-0.2, -0.15) is 0 Å². The highest BCUT2D eigenvalue weighted by Gasteiger charge is 2.46. The van der Waals surface area contributed by atoms with Crippen LogP contribution in [-0.2, 0) is 14.3 Å². The fourth-order valence-corrected chi connectivity index (χ4v) is 3.72. The lowest BCUT2D eigenvalue weighted by molar-refractivity contribution is -0.140. The molecule has 1 aliphatic rings. The smallest absolute Gasteiger partial charge is 0.295 e. The zero-order valence-electron chi connectivity index (χ0n) is 17.7. The third kappa shape index (κ3) is 4.89. The number of likely N-dealkylation sites (tertiary alicyclic amines) is 1. The summed E-state index contributed by atoms with van der Waals surface area (Å²) in [5.41, 5.74) is 0.872. The molecule has 0 spiro atoms. The van der Waals surface area contributed by atoms with Crippen LogP contribution in [0.2, 0.25) is 5.02 Å². The van der Waals surface area contributed by atoms with Crippen molar-refractivity contribution in [1.29, 1.82) is 0 Å². The zero-order valence-corrected chi connectivity index (χ0v) is 18.4. The summed E-state index contributed by atoms with van der Waals surface area (Å²) in [5, 5.41) is 11.3. The van der Waals surface area contributed by atoms with Gasteiger partial charge in [0.2, 0.25) is 0 Å². The van der Waals surface area contributed by atoms with Crippen LogP contribution in [0.1, 0.15) is 37.4 Å². The molecular weight excluding hydrogens is 420 g/mol. The zero-order chi connectivity index (χ0) is 22.5. The number of ether oxygens (including phenoxy) is 2. The number of carbonyl (C=O) groups is 2. The second kappa shape index (κ2) is 9.94. The quantitative estimate of drug-likeness (QED) is 0.287. The Morgan fingerprint density at radius 1 is 1.23 bits per heavy atom. The van der Waals surface area contributed by atoms with Crippen molar-refractivity contribution in [2.75, 3.05) is 20.3 Å². The Kier molecular flexibility index (Phi) is 7.30. The number of halogens is 1. The van der Waals surface area contributed by atoms with Gasteiger partial charge in [0.15, 0.2) is 0 Å².